The highest BCUT2D eigenvalue weighted by Crippen LogP contribution is 2.37. The first kappa shape index (κ1) is 20.9. The summed E-state index contributed by atoms with van der Waals surface area (Å²) >= 11 is 6.35. The van der Waals surface area contributed by atoms with Gasteiger partial charge in [-0.05, 0) is 37.5 Å². The number of amides is 2. The van der Waals surface area contributed by atoms with Crippen LogP contribution in [0.2, 0.25) is 5.15 Å². The Hall–Kier alpha value is -3.01. The second-order valence-electron chi connectivity index (χ2n) is 8.07. The molecule has 2 fully saturated rings. The average molecular weight is 466 g/mol. The van der Waals surface area contributed by atoms with Crippen LogP contribution in [0.15, 0.2) is 30.6 Å². The molecule has 0 spiro atoms. The summed E-state index contributed by atoms with van der Waals surface area (Å²) in [6.07, 6.45) is 1.30. The maximum Gasteiger partial charge on any atom is 0.420 e. The second-order valence-corrected chi connectivity index (χ2v) is 8.43. The molecule has 1 aliphatic carbocycles. The monoisotopic (exact) mass is 465 g/mol. The third-order valence-corrected chi connectivity index (χ3v) is 6.50. The molecular weight excluding hydrogens is 447 g/mol. The minimum Gasteiger partial charge on any atom is -0.361 e. The molecule has 0 atom stereocenters. The van der Waals surface area contributed by atoms with Gasteiger partial charge in [-0.3, -0.25) is 14.0 Å². The maximum absolute atomic E-state index is 13.8. The molecule has 0 unspecified atom stereocenters. The van der Waals surface area contributed by atoms with Gasteiger partial charge in [0.2, 0.25) is 5.91 Å². The van der Waals surface area contributed by atoms with Gasteiger partial charge in [0.15, 0.2) is 11.3 Å². The lowest BCUT2D eigenvalue weighted by Gasteiger charge is -2.42. The molecule has 3 aromatic heterocycles. The van der Waals surface area contributed by atoms with E-state index in [-0.39, 0.29) is 41.4 Å². The van der Waals surface area contributed by atoms with E-state index in [1.807, 2.05) is 0 Å². The molecular formula is C21H19ClF3N5O2. The van der Waals surface area contributed by atoms with Crippen molar-refractivity contribution >= 4 is 29.1 Å². The molecule has 11 heteroatoms. The van der Waals surface area contributed by atoms with Gasteiger partial charge in [-0.25, -0.2) is 4.98 Å². The Morgan fingerprint density at radius 3 is 2.62 bits per heavy atom. The van der Waals surface area contributed by atoms with Crippen molar-refractivity contribution < 1.29 is 22.8 Å². The lowest BCUT2D eigenvalue weighted by atomic mass is 9.91. The molecule has 1 saturated carbocycles. The molecule has 1 N–H and O–H groups in total. The topological polar surface area (TPSA) is 73.7 Å². The number of carbonyl (C=O) groups excluding carboxylic acids is 2. The molecule has 2 amide bonds. The number of pyridine rings is 1. The van der Waals surface area contributed by atoms with Crippen molar-refractivity contribution in [3.05, 3.63) is 47.0 Å². The van der Waals surface area contributed by atoms with Crippen molar-refractivity contribution in [2.24, 2.45) is 0 Å². The lowest BCUT2D eigenvalue weighted by Crippen LogP contribution is -2.56. The fraction of sp³-hybridized carbons (Fsp3) is 0.381. The number of rotatable bonds is 3. The third-order valence-electron chi connectivity index (χ3n) is 6.14. The molecule has 32 heavy (non-hydrogen) atoms. The number of aromatic nitrogens is 3. The summed E-state index contributed by atoms with van der Waals surface area (Å²) in [5.41, 5.74) is -1.05. The van der Waals surface area contributed by atoms with E-state index in [0.29, 0.717) is 12.2 Å². The summed E-state index contributed by atoms with van der Waals surface area (Å²) in [5, 5.41) is -0.224. The Morgan fingerprint density at radius 1 is 1.25 bits per heavy atom. The van der Waals surface area contributed by atoms with Crippen LogP contribution in [0, 0.1) is 0 Å². The number of carbonyl (C=O) groups is 2. The average Bonchev–Trinajstić information content (AvgIpc) is 3.35. The molecule has 2 aliphatic rings. The number of nitrogens with one attached hydrogen (secondary N) is 1. The first-order valence-corrected chi connectivity index (χ1v) is 10.6. The Morgan fingerprint density at radius 2 is 2.03 bits per heavy atom. The number of H-pyrrole nitrogens is 1. The van der Waals surface area contributed by atoms with Crippen LogP contribution >= 0.6 is 11.6 Å². The Labute approximate surface area is 185 Å². The van der Waals surface area contributed by atoms with E-state index in [1.54, 1.807) is 23.2 Å². The molecule has 0 bridgehead atoms. The van der Waals surface area contributed by atoms with E-state index < -0.39 is 23.3 Å². The molecule has 5 rings (SSSR count). The van der Waals surface area contributed by atoms with Crippen molar-refractivity contribution in [2.45, 2.75) is 31.5 Å². The number of imidazole rings is 1. The van der Waals surface area contributed by atoms with Crippen LogP contribution in [-0.4, -0.2) is 61.7 Å². The SMILES string of the molecule is O=C(c1nc2c(C(F)(F)F)cc(-c3ccc[nH]3)cn2c1Cl)N1CCN(C2CCC2)C(=O)C1. The second kappa shape index (κ2) is 7.54. The van der Waals surface area contributed by atoms with Crippen LogP contribution in [0.25, 0.3) is 16.9 Å². The third kappa shape index (κ3) is 3.42. The molecule has 1 aliphatic heterocycles. The molecule has 4 heterocycles. The van der Waals surface area contributed by atoms with Gasteiger partial charge in [0.05, 0.1) is 5.56 Å². The summed E-state index contributed by atoms with van der Waals surface area (Å²) in [6, 6.07) is 4.49. The molecule has 0 aromatic carbocycles. The Balaban J connectivity index is 1.51. The van der Waals surface area contributed by atoms with Crippen molar-refractivity contribution in [1.29, 1.82) is 0 Å². The summed E-state index contributed by atoms with van der Waals surface area (Å²) in [4.78, 5) is 35.5. The molecule has 7 nitrogen and oxygen atoms in total. The highest BCUT2D eigenvalue weighted by molar-refractivity contribution is 6.33. The minimum absolute atomic E-state index is 0.139. The zero-order valence-electron chi connectivity index (χ0n) is 16.8. The smallest absolute Gasteiger partial charge is 0.361 e. The van der Waals surface area contributed by atoms with E-state index in [1.165, 1.54) is 11.1 Å². The van der Waals surface area contributed by atoms with E-state index in [9.17, 15) is 22.8 Å². The van der Waals surface area contributed by atoms with Crippen LogP contribution in [0.5, 0.6) is 0 Å². The van der Waals surface area contributed by atoms with E-state index in [2.05, 4.69) is 9.97 Å². The van der Waals surface area contributed by atoms with Crippen LogP contribution in [0.4, 0.5) is 13.2 Å². The van der Waals surface area contributed by atoms with Gasteiger partial charge < -0.3 is 14.8 Å². The number of piperazine rings is 1. The highest BCUT2D eigenvalue weighted by atomic mass is 35.5. The van der Waals surface area contributed by atoms with Gasteiger partial charge in [0.1, 0.15) is 11.7 Å². The lowest BCUT2D eigenvalue weighted by molar-refractivity contribution is -0.139. The molecule has 168 valence electrons. The predicted octanol–water partition coefficient (Wildman–Crippen LogP) is 3.84. The van der Waals surface area contributed by atoms with Gasteiger partial charge >= 0.3 is 6.18 Å². The van der Waals surface area contributed by atoms with E-state index in [0.717, 1.165) is 29.7 Å². The van der Waals surface area contributed by atoms with Crippen molar-refractivity contribution in [3.8, 4) is 11.3 Å². The summed E-state index contributed by atoms with van der Waals surface area (Å²) in [6.45, 7) is 0.537. The van der Waals surface area contributed by atoms with Crippen LogP contribution in [-0.2, 0) is 11.0 Å². The van der Waals surface area contributed by atoms with Crippen molar-refractivity contribution in [2.75, 3.05) is 19.6 Å². The summed E-state index contributed by atoms with van der Waals surface area (Å²) in [5.74, 6) is -0.825. The van der Waals surface area contributed by atoms with Gasteiger partial charge in [-0.15, -0.1) is 0 Å². The fourth-order valence-electron chi connectivity index (χ4n) is 4.21. The van der Waals surface area contributed by atoms with Gasteiger partial charge in [0, 0.05) is 42.8 Å². The quantitative estimate of drug-likeness (QED) is 0.638. The van der Waals surface area contributed by atoms with E-state index >= 15 is 0 Å². The van der Waals surface area contributed by atoms with E-state index in [4.69, 9.17) is 11.6 Å². The predicted molar refractivity (Wildman–Crippen MR) is 110 cm³/mol. The number of aromatic amines is 1. The normalized spacial score (nSPS) is 17.8. The zero-order valence-corrected chi connectivity index (χ0v) is 17.6. The van der Waals surface area contributed by atoms with Gasteiger partial charge in [0.25, 0.3) is 5.91 Å². The molecule has 0 radical (unpaired) electrons. The number of alkyl halides is 3. The van der Waals surface area contributed by atoms with Crippen LogP contribution in [0.3, 0.4) is 0 Å². The number of halogens is 4. The Kier molecular flexibility index (Phi) is 4.92. The first-order valence-electron chi connectivity index (χ1n) is 10.3. The highest BCUT2D eigenvalue weighted by Gasteiger charge is 2.38. The van der Waals surface area contributed by atoms with Gasteiger partial charge in [-0.1, -0.05) is 11.6 Å². The number of hydrogen-bond donors (Lipinski definition) is 1. The standard InChI is InChI=1S/C21H19ClF3N5O2/c22-18-17(20(32)28-7-8-29(16(31)11-28)13-3-1-4-13)27-19-14(21(23,24)25)9-12(10-30(18)19)15-5-2-6-26-15/h2,5-6,9-10,13,26H,1,3-4,7-8,11H2. The Bertz CT molecular complexity index is 1200. The summed E-state index contributed by atoms with van der Waals surface area (Å²) < 4.78 is 42.4. The van der Waals surface area contributed by atoms with Crippen LogP contribution < -0.4 is 0 Å². The fourth-order valence-corrected chi connectivity index (χ4v) is 4.46. The zero-order chi connectivity index (χ0) is 22.6. The first-order chi connectivity index (χ1) is 15.2. The number of fused-ring (bicyclic) bond motifs is 1. The largest absolute Gasteiger partial charge is 0.420 e. The molecule has 1 saturated heterocycles. The number of hydrogen-bond acceptors (Lipinski definition) is 3. The maximum atomic E-state index is 13.8. The van der Waals surface area contributed by atoms with Crippen molar-refractivity contribution in [3.63, 3.8) is 0 Å². The van der Waals surface area contributed by atoms with Gasteiger partial charge in [-0.2, -0.15) is 13.2 Å². The van der Waals surface area contributed by atoms with Crippen molar-refractivity contribution in [1.82, 2.24) is 24.2 Å². The number of nitrogens with zero attached hydrogens (tertiary/aromatic N) is 4. The minimum atomic E-state index is -4.71. The molecule has 3 aromatic rings. The summed E-state index contributed by atoms with van der Waals surface area (Å²) in [7, 11) is 0. The van der Waals surface area contributed by atoms with Crippen LogP contribution in [0.1, 0.15) is 35.3 Å².